The smallest absolute Gasteiger partial charge is 0.123 e. The van der Waals surface area contributed by atoms with Gasteiger partial charge in [-0.3, -0.25) is 0 Å². The highest BCUT2D eigenvalue weighted by molar-refractivity contribution is 9.10. The van der Waals surface area contributed by atoms with E-state index in [1.54, 1.807) is 0 Å². The van der Waals surface area contributed by atoms with Crippen molar-refractivity contribution in [3.05, 3.63) is 28.2 Å². The highest BCUT2D eigenvalue weighted by Crippen LogP contribution is 2.33. The first-order chi connectivity index (χ1) is 6.95. The molecule has 0 saturated heterocycles. The second kappa shape index (κ2) is 4.99. The van der Waals surface area contributed by atoms with Crippen LogP contribution in [0.25, 0.3) is 0 Å². The molecule has 0 bridgehead atoms. The molecule has 2 nitrogen and oxygen atoms in total. The molecule has 0 spiro atoms. The van der Waals surface area contributed by atoms with Gasteiger partial charge in [-0.1, -0.05) is 36.7 Å². The van der Waals surface area contributed by atoms with Crippen LogP contribution in [-0.2, 0) is 5.41 Å². The highest BCUT2D eigenvalue weighted by atomic mass is 79.9. The molecule has 0 aliphatic carbocycles. The molecule has 0 unspecified atom stereocenters. The third kappa shape index (κ3) is 3.50. The van der Waals surface area contributed by atoms with Gasteiger partial charge in [0.1, 0.15) is 12.4 Å². The van der Waals surface area contributed by atoms with E-state index in [2.05, 4.69) is 42.8 Å². The topological polar surface area (TPSA) is 35.2 Å². The molecule has 15 heavy (non-hydrogen) atoms. The van der Waals surface area contributed by atoms with Crippen LogP contribution < -0.4 is 10.5 Å². The Balaban J connectivity index is 3.04. The zero-order valence-electron chi connectivity index (χ0n) is 9.51. The van der Waals surface area contributed by atoms with Crippen LogP contribution in [0.15, 0.2) is 22.7 Å². The average Bonchev–Trinajstić information content (AvgIpc) is 2.14. The number of hydrogen-bond donors (Lipinski definition) is 1. The summed E-state index contributed by atoms with van der Waals surface area (Å²) in [6, 6.07) is 6.08. The predicted octanol–water partition coefficient (Wildman–Crippen LogP) is 3.08. The zero-order valence-corrected chi connectivity index (χ0v) is 11.1. The fourth-order valence-corrected chi connectivity index (χ4v) is 1.74. The van der Waals surface area contributed by atoms with Crippen molar-refractivity contribution in [3.63, 3.8) is 0 Å². The molecule has 0 radical (unpaired) electrons. The Morgan fingerprint density at radius 2 is 2.00 bits per heavy atom. The van der Waals surface area contributed by atoms with Gasteiger partial charge in [0.15, 0.2) is 0 Å². The molecular formula is C12H18BrNO. The maximum Gasteiger partial charge on any atom is 0.123 e. The SMILES string of the molecule is CC(C)(C)c1cc(Br)ccc1OCCN. The molecule has 84 valence electrons. The summed E-state index contributed by atoms with van der Waals surface area (Å²) in [7, 11) is 0. The third-order valence-electron chi connectivity index (χ3n) is 2.13. The van der Waals surface area contributed by atoms with Crippen molar-refractivity contribution in [2.45, 2.75) is 26.2 Å². The van der Waals surface area contributed by atoms with E-state index >= 15 is 0 Å². The Labute approximate surface area is 99.9 Å². The van der Waals surface area contributed by atoms with Crippen LogP contribution in [0.4, 0.5) is 0 Å². The van der Waals surface area contributed by atoms with Gasteiger partial charge < -0.3 is 10.5 Å². The van der Waals surface area contributed by atoms with Crippen LogP contribution in [0, 0.1) is 0 Å². The van der Waals surface area contributed by atoms with Crippen LogP contribution in [0.1, 0.15) is 26.3 Å². The molecule has 1 rings (SSSR count). The van der Waals surface area contributed by atoms with Crippen LogP contribution in [0.2, 0.25) is 0 Å². The number of ether oxygens (including phenoxy) is 1. The van der Waals surface area contributed by atoms with Crippen molar-refractivity contribution >= 4 is 15.9 Å². The fourth-order valence-electron chi connectivity index (χ4n) is 1.38. The lowest BCUT2D eigenvalue weighted by atomic mass is 9.86. The number of rotatable bonds is 3. The summed E-state index contributed by atoms with van der Waals surface area (Å²) in [5.41, 5.74) is 6.71. The Bertz CT molecular complexity index is 331. The molecule has 0 aromatic heterocycles. The van der Waals surface area contributed by atoms with E-state index in [0.717, 1.165) is 10.2 Å². The van der Waals surface area contributed by atoms with E-state index < -0.39 is 0 Å². The Morgan fingerprint density at radius 3 is 2.53 bits per heavy atom. The van der Waals surface area contributed by atoms with Gasteiger partial charge in [-0.15, -0.1) is 0 Å². The van der Waals surface area contributed by atoms with E-state index in [-0.39, 0.29) is 5.41 Å². The molecule has 1 aromatic carbocycles. The number of hydrogen-bond acceptors (Lipinski definition) is 2. The summed E-state index contributed by atoms with van der Waals surface area (Å²) < 4.78 is 6.70. The fraction of sp³-hybridized carbons (Fsp3) is 0.500. The van der Waals surface area contributed by atoms with Crippen LogP contribution in [-0.4, -0.2) is 13.2 Å². The normalized spacial score (nSPS) is 11.5. The number of benzene rings is 1. The van der Waals surface area contributed by atoms with Crippen molar-refractivity contribution in [1.29, 1.82) is 0 Å². The molecule has 1 aromatic rings. The minimum Gasteiger partial charge on any atom is -0.492 e. The summed E-state index contributed by atoms with van der Waals surface area (Å²) in [6.45, 7) is 7.61. The summed E-state index contributed by atoms with van der Waals surface area (Å²) >= 11 is 3.48. The second-order valence-corrected chi connectivity index (χ2v) is 5.44. The van der Waals surface area contributed by atoms with E-state index in [0.29, 0.717) is 13.2 Å². The Hall–Kier alpha value is -0.540. The van der Waals surface area contributed by atoms with Crippen LogP contribution >= 0.6 is 15.9 Å². The van der Waals surface area contributed by atoms with Crippen molar-refractivity contribution in [2.75, 3.05) is 13.2 Å². The van der Waals surface area contributed by atoms with Crippen LogP contribution in [0.3, 0.4) is 0 Å². The van der Waals surface area contributed by atoms with Gasteiger partial charge in [0.25, 0.3) is 0 Å². The lowest BCUT2D eigenvalue weighted by Gasteiger charge is -2.23. The highest BCUT2D eigenvalue weighted by Gasteiger charge is 2.19. The van der Waals surface area contributed by atoms with Gasteiger partial charge >= 0.3 is 0 Å². The van der Waals surface area contributed by atoms with Gasteiger partial charge in [-0.05, 0) is 23.6 Å². The number of halogens is 1. The lowest BCUT2D eigenvalue weighted by Crippen LogP contribution is -2.16. The van der Waals surface area contributed by atoms with Gasteiger partial charge in [-0.2, -0.15) is 0 Å². The van der Waals surface area contributed by atoms with Crippen molar-refractivity contribution in [2.24, 2.45) is 5.73 Å². The molecule has 0 aliphatic heterocycles. The largest absolute Gasteiger partial charge is 0.492 e. The first kappa shape index (κ1) is 12.5. The van der Waals surface area contributed by atoms with E-state index in [4.69, 9.17) is 10.5 Å². The maximum atomic E-state index is 5.62. The molecule has 0 aliphatic rings. The third-order valence-corrected chi connectivity index (χ3v) is 2.62. The minimum atomic E-state index is 0.0771. The molecule has 3 heteroatoms. The zero-order chi connectivity index (χ0) is 11.5. The molecular weight excluding hydrogens is 254 g/mol. The van der Waals surface area contributed by atoms with E-state index in [1.165, 1.54) is 5.56 Å². The lowest BCUT2D eigenvalue weighted by molar-refractivity contribution is 0.319. The molecule has 0 heterocycles. The number of nitrogens with two attached hydrogens (primary N) is 1. The first-order valence-corrected chi connectivity index (χ1v) is 5.87. The van der Waals surface area contributed by atoms with Crippen molar-refractivity contribution in [3.8, 4) is 5.75 Å². The standard InChI is InChI=1S/C12H18BrNO/c1-12(2,3)10-8-9(13)4-5-11(10)15-7-6-14/h4-5,8H,6-7,14H2,1-3H3. The minimum absolute atomic E-state index is 0.0771. The summed E-state index contributed by atoms with van der Waals surface area (Å²) in [6.07, 6.45) is 0. The summed E-state index contributed by atoms with van der Waals surface area (Å²) in [5, 5.41) is 0. The van der Waals surface area contributed by atoms with Gasteiger partial charge in [-0.25, -0.2) is 0 Å². The summed E-state index contributed by atoms with van der Waals surface area (Å²) in [4.78, 5) is 0. The van der Waals surface area contributed by atoms with Crippen LogP contribution in [0.5, 0.6) is 5.75 Å². The first-order valence-electron chi connectivity index (χ1n) is 5.08. The Morgan fingerprint density at radius 1 is 1.33 bits per heavy atom. The predicted molar refractivity (Wildman–Crippen MR) is 67.4 cm³/mol. The van der Waals surface area contributed by atoms with Crippen molar-refractivity contribution < 1.29 is 4.74 Å². The van der Waals surface area contributed by atoms with Crippen molar-refractivity contribution in [1.82, 2.24) is 0 Å². The molecule has 0 atom stereocenters. The average molecular weight is 272 g/mol. The summed E-state index contributed by atoms with van der Waals surface area (Å²) in [5.74, 6) is 0.927. The van der Waals surface area contributed by atoms with E-state index in [1.807, 2.05) is 12.1 Å². The second-order valence-electron chi connectivity index (χ2n) is 4.53. The molecule has 0 saturated carbocycles. The molecule has 0 amide bonds. The van der Waals surface area contributed by atoms with Gasteiger partial charge in [0, 0.05) is 16.6 Å². The van der Waals surface area contributed by atoms with Gasteiger partial charge in [0.05, 0.1) is 0 Å². The molecule has 2 N–H and O–H groups in total. The quantitative estimate of drug-likeness (QED) is 0.917. The Kier molecular flexibility index (Phi) is 4.17. The maximum absolute atomic E-state index is 5.62. The van der Waals surface area contributed by atoms with E-state index in [9.17, 15) is 0 Å². The van der Waals surface area contributed by atoms with Gasteiger partial charge in [0.2, 0.25) is 0 Å². The monoisotopic (exact) mass is 271 g/mol. The molecule has 0 fully saturated rings.